The van der Waals surface area contributed by atoms with Gasteiger partial charge in [0.2, 0.25) is 21.8 Å². The molecule has 0 aromatic heterocycles. The van der Waals surface area contributed by atoms with Crippen LogP contribution < -0.4 is 9.62 Å². The molecule has 7 nitrogen and oxygen atoms in total. The smallest absolute Gasteiger partial charge is 0.243 e. The molecule has 1 saturated carbocycles. The van der Waals surface area contributed by atoms with Crippen molar-refractivity contribution in [2.24, 2.45) is 0 Å². The van der Waals surface area contributed by atoms with Crippen LogP contribution in [0.25, 0.3) is 0 Å². The van der Waals surface area contributed by atoms with Crippen molar-refractivity contribution in [3.05, 3.63) is 100 Å². The summed E-state index contributed by atoms with van der Waals surface area (Å²) < 4.78 is 26.5. The highest BCUT2D eigenvalue weighted by atomic mass is 35.5. The monoisotopic (exact) mass is 643 g/mol. The number of benzene rings is 3. The third-order valence-corrected chi connectivity index (χ3v) is 9.60. The highest BCUT2D eigenvalue weighted by Crippen LogP contribution is 2.24. The van der Waals surface area contributed by atoms with Gasteiger partial charge >= 0.3 is 0 Å². The van der Waals surface area contributed by atoms with Gasteiger partial charge < -0.3 is 10.2 Å². The van der Waals surface area contributed by atoms with Crippen LogP contribution in [0, 0.1) is 0 Å². The van der Waals surface area contributed by atoms with Crippen LogP contribution in [-0.4, -0.2) is 50.0 Å². The predicted molar refractivity (Wildman–Crippen MR) is 174 cm³/mol. The van der Waals surface area contributed by atoms with Crippen LogP contribution in [0.5, 0.6) is 0 Å². The molecule has 4 rings (SSSR count). The fourth-order valence-corrected chi connectivity index (χ4v) is 6.81. The van der Waals surface area contributed by atoms with E-state index in [9.17, 15) is 18.0 Å². The van der Waals surface area contributed by atoms with E-state index in [-0.39, 0.29) is 43.8 Å². The SMILES string of the molecule is CS(=O)(=O)N(CCCC(=O)N(Cc1ccccc1Cl)[C@@H](Cc1ccccc1)C(=O)NC1CCCCC1)c1ccc(Cl)cc1. The number of hydrogen-bond donors (Lipinski definition) is 1. The van der Waals surface area contributed by atoms with Crippen LogP contribution in [0.2, 0.25) is 10.0 Å². The zero-order chi connectivity index (χ0) is 30.8. The average Bonchev–Trinajstić information content (AvgIpc) is 2.99. The molecule has 1 aliphatic carbocycles. The summed E-state index contributed by atoms with van der Waals surface area (Å²) in [7, 11) is -3.61. The lowest BCUT2D eigenvalue weighted by Crippen LogP contribution is -2.53. The van der Waals surface area contributed by atoms with Crippen molar-refractivity contribution < 1.29 is 18.0 Å². The lowest BCUT2D eigenvalue weighted by Gasteiger charge is -2.34. The molecule has 0 heterocycles. The molecule has 0 radical (unpaired) electrons. The van der Waals surface area contributed by atoms with Crippen molar-refractivity contribution in [3.8, 4) is 0 Å². The van der Waals surface area contributed by atoms with Gasteiger partial charge in [-0.15, -0.1) is 0 Å². The van der Waals surface area contributed by atoms with Crippen LogP contribution in [-0.2, 0) is 32.6 Å². The first-order chi connectivity index (χ1) is 20.6. The van der Waals surface area contributed by atoms with E-state index >= 15 is 0 Å². The zero-order valence-electron chi connectivity index (χ0n) is 24.4. The first kappa shape index (κ1) is 32.8. The Labute approximate surface area is 265 Å². The van der Waals surface area contributed by atoms with Crippen LogP contribution in [0.3, 0.4) is 0 Å². The van der Waals surface area contributed by atoms with Crippen molar-refractivity contribution in [2.75, 3.05) is 17.1 Å². The molecule has 1 N–H and O–H groups in total. The number of nitrogens with zero attached hydrogens (tertiary/aromatic N) is 2. The molecule has 1 atom stereocenters. The van der Waals surface area contributed by atoms with Gasteiger partial charge in [-0.1, -0.05) is 91.0 Å². The molecule has 0 saturated heterocycles. The lowest BCUT2D eigenvalue weighted by atomic mass is 9.94. The standard InChI is InChI=1S/C33H39Cl2N3O4S/c1-43(41,42)38(29-20-18-27(34)19-21-29)22-10-17-32(39)37(24-26-13-8-9-16-30(26)35)31(23-25-11-4-2-5-12-25)33(40)36-28-14-6-3-7-15-28/h2,4-5,8-9,11-13,16,18-21,28,31H,3,6-7,10,14-15,17,22-24H2,1H3,(H,36,40)/t31-/m0/s1. The van der Waals surface area contributed by atoms with E-state index in [0.29, 0.717) is 22.2 Å². The topological polar surface area (TPSA) is 86.8 Å². The maximum absolute atomic E-state index is 14.0. The third kappa shape index (κ3) is 9.71. The Morgan fingerprint density at radius 2 is 1.56 bits per heavy atom. The summed E-state index contributed by atoms with van der Waals surface area (Å²) in [6.45, 7) is 0.255. The molecule has 43 heavy (non-hydrogen) atoms. The Bertz CT molecular complexity index is 1460. The number of hydrogen-bond acceptors (Lipinski definition) is 4. The normalized spacial score (nSPS) is 14.6. The van der Waals surface area contributed by atoms with Crippen LogP contribution in [0.15, 0.2) is 78.9 Å². The quantitative estimate of drug-likeness (QED) is 0.227. The number of carbonyl (C=O) groups excluding carboxylic acids is 2. The largest absolute Gasteiger partial charge is 0.352 e. The van der Waals surface area contributed by atoms with Crippen molar-refractivity contribution in [3.63, 3.8) is 0 Å². The Hall–Kier alpha value is -3.07. The molecule has 0 unspecified atom stereocenters. The molecule has 0 aliphatic heterocycles. The first-order valence-electron chi connectivity index (χ1n) is 14.7. The van der Waals surface area contributed by atoms with E-state index in [1.807, 2.05) is 48.5 Å². The summed E-state index contributed by atoms with van der Waals surface area (Å²) in [5.74, 6) is -0.431. The zero-order valence-corrected chi connectivity index (χ0v) is 26.8. The number of rotatable bonds is 13. The molecule has 0 spiro atoms. The van der Waals surface area contributed by atoms with Crippen LogP contribution >= 0.6 is 23.2 Å². The van der Waals surface area contributed by atoms with E-state index in [1.54, 1.807) is 35.2 Å². The Balaban J connectivity index is 1.59. The molecular weight excluding hydrogens is 605 g/mol. The molecule has 3 aromatic carbocycles. The maximum atomic E-state index is 14.0. The summed E-state index contributed by atoms with van der Waals surface area (Å²) in [5, 5.41) is 4.24. The summed E-state index contributed by atoms with van der Waals surface area (Å²) >= 11 is 12.5. The average molecular weight is 645 g/mol. The number of carbonyl (C=O) groups is 2. The third-order valence-electron chi connectivity index (χ3n) is 7.79. The second-order valence-corrected chi connectivity index (χ2v) is 13.8. The van der Waals surface area contributed by atoms with E-state index < -0.39 is 16.1 Å². The van der Waals surface area contributed by atoms with Gasteiger partial charge in [-0.05, 0) is 60.7 Å². The van der Waals surface area contributed by atoms with Gasteiger partial charge in [0.05, 0.1) is 11.9 Å². The summed E-state index contributed by atoms with van der Waals surface area (Å²) in [6.07, 6.45) is 6.94. The number of halogens is 2. The number of sulfonamides is 1. The predicted octanol–water partition coefficient (Wildman–Crippen LogP) is 6.63. The van der Waals surface area contributed by atoms with E-state index in [2.05, 4.69) is 5.32 Å². The minimum absolute atomic E-state index is 0.0477. The van der Waals surface area contributed by atoms with E-state index in [4.69, 9.17) is 23.2 Å². The van der Waals surface area contributed by atoms with Gasteiger partial charge in [0.1, 0.15) is 6.04 Å². The van der Waals surface area contributed by atoms with Gasteiger partial charge in [0, 0.05) is 42.0 Å². The molecule has 230 valence electrons. The highest BCUT2D eigenvalue weighted by molar-refractivity contribution is 7.92. The molecule has 2 amide bonds. The maximum Gasteiger partial charge on any atom is 0.243 e. The molecular formula is C33H39Cl2N3O4S. The minimum atomic E-state index is -3.61. The Morgan fingerprint density at radius 3 is 2.21 bits per heavy atom. The van der Waals surface area contributed by atoms with Gasteiger partial charge in [-0.3, -0.25) is 13.9 Å². The van der Waals surface area contributed by atoms with Gasteiger partial charge in [-0.25, -0.2) is 8.42 Å². The van der Waals surface area contributed by atoms with Crippen molar-refractivity contribution in [1.82, 2.24) is 10.2 Å². The minimum Gasteiger partial charge on any atom is -0.352 e. The Morgan fingerprint density at radius 1 is 0.907 bits per heavy atom. The van der Waals surface area contributed by atoms with Crippen LogP contribution in [0.1, 0.15) is 56.1 Å². The molecule has 0 bridgehead atoms. The van der Waals surface area contributed by atoms with E-state index in [0.717, 1.165) is 49.5 Å². The van der Waals surface area contributed by atoms with Crippen molar-refractivity contribution in [2.45, 2.75) is 70.0 Å². The number of anilines is 1. The van der Waals surface area contributed by atoms with E-state index in [1.165, 1.54) is 4.31 Å². The van der Waals surface area contributed by atoms with Crippen molar-refractivity contribution >= 4 is 50.7 Å². The second-order valence-electron chi connectivity index (χ2n) is 11.1. The highest BCUT2D eigenvalue weighted by Gasteiger charge is 2.32. The first-order valence-corrected chi connectivity index (χ1v) is 17.3. The van der Waals surface area contributed by atoms with Gasteiger partial charge in [-0.2, -0.15) is 0 Å². The summed E-state index contributed by atoms with van der Waals surface area (Å²) in [4.78, 5) is 29.6. The second kappa shape index (κ2) is 15.6. The summed E-state index contributed by atoms with van der Waals surface area (Å²) in [5.41, 5.74) is 2.15. The lowest BCUT2D eigenvalue weighted by molar-refractivity contribution is -0.141. The Kier molecular flexibility index (Phi) is 11.9. The number of nitrogens with one attached hydrogen (secondary N) is 1. The molecule has 10 heteroatoms. The molecule has 1 fully saturated rings. The van der Waals surface area contributed by atoms with Gasteiger partial charge in [0.25, 0.3) is 0 Å². The fourth-order valence-electron chi connectivity index (χ4n) is 5.52. The number of amides is 2. The molecule has 1 aliphatic rings. The molecule has 3 aromatic rings. The van der Waals surface area contributed by atoms with Crippen molar-refractivity contribution in [1.29, 1.82) is 0 Å². The van der Waals surface area contributed by atoms with Gasteiger partial charge in [0.15, 0.2) is 0 Å². The van der Waals surface area contributed by atoms with Crippen LogP contribution in [0.4, 0.5) is 5.69 Å². The fraction of sp³-hybridized carbons (Fsp3) is 0.394. The summed E-state index contributed by atoms with van der Waals surface area (Å²) in [6, 6.07) is 22.8.